The van der Waals surface area contributed by atoms with Crippen LogP contribution in [-0.2, 0) is 0 Å². The molecule has 1 aromatic heterocycles. The van der Waals surface area contributed by atoms with Crippen LogP contribution < -0.4 is 0 Å². The van der Waals surface area contributed by atoms with Crippen molar-refractivity contribution in [3.8, 4) is 10.6 Å². The topological polar surface area (TPSA) is 33.2 Å². The molecule has 118 valence electrons. The number of rotatable bonds is 6. The summed E-state index contributed by atoms with van der Waals surface area (Å²) in [5, 5.41) is 0.988. The zero-order chi connectivity index (χ0) is 16.1. The van der Waals surface area contributed by atoms with E-state index in [1.807, 2.05) is 36.1 Å². The second kappa shape index (κ2) is 7.54. The quantitative estimate of drug-likeness (QED) is 0.774. The Kier molecular flexibility index (Phi) is 5.72. The van der Waals surface area contributed by atoms with Crippen LogP contribution in [0.3, 0.4) is 0 Å². The molecule has 3 nitrogen and oxygen atoms in total. The van der Waals surface area contributed by atoms with Crippen molar-refractivity contribution in [2.75, 3.05) is 13.1 Å². The lowest BCUT2D eigenvalue weighted by molar-refractivity contribution is 0.0755. The Bertz CT molecular complexity index is 623. The molecular weight excluding hydrogens is 292 g/mol. The van der Waals surface area contributed by atoms with Gasteiger partial charge in [-0.15, -0.1) is 11.3 Å². The maximum absolute atomic E-state index is 12.7. The van der Waals surface area contributed by atoms with Gasteiger partial charge in [0.25, 0.3) is 5.91 Å². The SMILES string of the molecule is CCCN(CCC)C(=O)c1cccc(-c2nc(C)c(C)s2)c1. The van der Waals surface area contributed by atoms with Gasteiger partial charge in [0.2, 0.25) is 0 Å². The first-order chi connectivity index (χ1) is 10.6. The van der Waals surface area contributed by atoms with E-state index in [0.717, 1.165) is 47.8 Å². The number of thiazole rings is 1. The Morgan fingerprint density at radius 2 is 1.86 bits per heavy atom. The second-order valence-corrected chi connectivity index (χ2v) is 6.74. The maximum Gasteiger partial charge on any atom is 0.253 e. The van der Waals surface area contributed by atoms with Crippen LogP contribution in [0.4, 0.5) is 0 Å². The molecule has 0 N–H and O–H groups in total. The zero-order valence-electron chi connectivity index (χ0n) is 13.8. The molecule has 2 rings (SSSR count). The molecule has 1 amide bonds. The minimum Gasteiger partial charge on any atom is -0.339 e. The standard InChI is InChI=1S/C18H24N2OS/c1-5-10-20(11-6-2)18(21)16-9-7-8-15(12-16)17-19-13(3)14(4)22-17/h7-9,12H,5-6,10-11H2,1-4H3. The van der Waals surface area contributed by atoms with Crippen LogP contribution in [-0.4, -0.2) is 28.9 Å². The molecule has 1 aromatic carbocycles. The van der Waals surface area contributed by atoms with Crippen molar-refractivity contribution in [3.63, 3.8) is 0 Å². The van der Waals surface area contributed by atoms with Gasteiger partial charge in [0, 0.05) is 29.1 Å². The lowest BCUT2D eigenvalue weighted by atomic mass is 10.1. The van der Waals surface area contributed by atoms with E-state index in [9.17, 15) is 4.79 Å². The van der Waals surface area contributed by atoms with E-state index in [2.05, 4.69) is 25.8 Å². The van der Waals surface area contributed by atoms with Gasteiger partial charge in [-0.2, -0.15) is 0 Å². The molecule has 2 aromatic rings. The van der Waals surface area contributed by atoms with Crippen molar-refractivity contribution in [2.24, 2.45) is 0 Å². The number of amides is 1. The van der Waals surface area contributed by atoms with E-state index < -0.39 is 0 Å². The third kappa shape index (κ3) is 3.74. The summed E-state index contributed by atoms with van der Waals surface area (Å²) in [6, 6.07) is 7.85. The Labute approximate surface area is 137 Å². The van der Waals surface area contributed by atoms with Gasteiger partial charge in [-0.05, 0) is 38.8 Å². The Hall–Kier alpha value is -1.68. The molecule has 0 aliphatic rings. The van der Waals surface area contributed by atoms with Gasteiger partial charge in [-0.25, -0.2) is 4.98 Å². The van der Waals surface area contributed by atoms with Crippen molar-refractivity contribution in [2.45, 2.75) is 40.5 Å². The van der Waals surface area contributed by atoms with Crippen molar-refractivity contribution < 1.29 is 4.79 Å². The summed E-state index contributed by atoms with van der Waals surface area (Å²) in [4.78, 5) is 20.5. The lowest BCUT2D eigenvalue weighted by Gasteiger charge is -2.21. The van der Waals surface area contributed by atoms with Crippen LogP contribution in [0, 0.1) is 13.8 Å². The van der Waals surface area contributed by atoms with Gasteiger partial charge in [-0.1, -0.05) is 26.0 Å². The summed E-state index contributed by atoms with van der Waals surface area (Å²) in [6.07, 6.45) is 1.96. The summed E-state index contributed by atoms with van der Waals surface area (Å²) in [6.45, 7) is 9.93. The Balaban J connectivity index is 2.29. The number of benzene rings is 1. The molecule has 22 heavy (non-hydrogen) atoms. The fraction of sp³-hybridized carbons (Fsp3) is 0.444. The minimum absolute atomic E-state index is 0.121. The number of hydrogen-bond donors (Lipinski definition) is 0. The highest BCUT2D eigenvalue weighted by Gasteiger charge is 2.15. The number of nitrogens with zero attached hydrogens (tertiary/aromatic N) is 2. The molecule has 0 unspecified atom stereocenters. The molecule has 0 radical (unpaired) electrons. The zero-order valence-corrected chi connectivity index (χ0v) is 14.7. The maximum atomic E-state index is 12.7. The molecule has 4 heteroatoms. The predicted molar refractivity (Wildman–Crippen MR) is 93.5 cm³/mol. The third-order valence-corrected chi connectivity index (χ3v) is 4.78. The molecule has 0 spiro atoms. The van der Waals surface area contributed by atoms with Crippen LogP contribution in [0.2, 0.25) is 0 Å². The number of hydrogen-bond acceptors (Lipinski definition) is 3. The number of carbonyl (C=O) groups is 1. The third-order valence-electron chi connectivity index (χ3n) is 3.66. The molecule has 0 fully saturated rings. The fourth-order valence-corrected chi connectivity index (χ4v) is 3.33. The van der Waals surface area contributed by atoms with E-state index in [0.29, 0.717) is 0 Å². The van der Waals surface area contributed by atoms with Crippen molar-refractivity contribution in [3.05, 3.63) is 40.4 Å². The van der Waals surface area contributed by atoms with Gasteiger partial charge in [-0.3, -0.25) is 4.79 Å². The summed E-state index contributed by atoms with van der Waals surface area (Å²) < 4.78 is 0. The number of carbonyl (C=O) groups excluding carboxylic acids is 1. The van der Waals surface area contributed by atoms with E-state index in [1.165, 1.54) is 4.88 Å². The summed E-state index contributed by atoms with van der Waals surface area (Å²) >= 11 is 1.68. The molecule has 1 heterocycles. The smallest absolute Gasteiger partial charge is 0.253 e. The summed E-state index contributed by atoms with van der Waals surface area (Å²) in [5.41, 5.74) is 2.85. The average Bonchev–Trinajstić information content (AvgIpc) is 2.86. The summed E-state index contributed by atoms with van der Waals surface area (Å²) in [7, 11) is 0. The molecule has 0 bridgehead atoms. The fourth-order valence-electron chi connectivity index (χ4n) is 2.42. The predicted octanol–water partition coefficient (Wildman–Crippen LogP) is 4.69. The molecule has 0 aliphatic heterocycles. The van der Waals surface area contributed by atoms with Gasteiger partial charge in [0.05, 0.1) is 5.69 Å². The van der Waals surface area contributed by atoms with Crippen LogP contribution >= 0.6 is 11.3 Å². The van der Waals surface area contributed by atoms with Crippen molar-refractivity contribution >= 4 is 17.2 Å². The Morgan fingerprint density at radius 1 is 1.18 bits per heavy atom. The molecule has 0 aliphatic carbocycles. The van der Waals surface area contributed by atoms with Crippen LogP contribution in [0.25, 0.3) is 10.6 Å². The van der Waals surface area contributed by atoms with Crippen LogP contribution in [0.1, 0.15) is 47.6 Å². The van der Waals surface area contributed by atoms with E-state index in [1.54, 1.807) is 11.3 Å². The van der Waals surface area contributed by atoms with E-state index in [4.69, 9.17) is 0 Å². The summed E-state index contributed by atoms with van der Waals surface area (Å²) in [5.74, 6) is 0.121. The largest absolute Gasteiger partial charge is 0.339 e. The first kappa shape index (κ1) is 16.7. The van der Waals surface area contributed by atoms with Crippen molar-refractivity contribution in [1.82, 2.24) is 9.88 Å². The van der Waals surface area contributed by atoms with Crippen LogP contribution in [0.15, 0.2) is 24.3 Å². The minimum atomic E-state index is 0.121. The number of aromatic nitrogens is 1. The second-order valence-electron chi connectivity index (χ2n) is 5.53. The highest BCUT2D eigenvalue weighted by atomic mass is 32.1. The highest BCUT2D eigenvalue weighted by Crippen LogP contribution is 2.28. The Morgan fingerprint density at radius 3 is 2.41 bits per heavy atom. The first-order valence-electron chi connectivity index (χ1n) is 7.90. The van der Waals surface area contributed by atoms with Crippen molar-refractivity contribution in [1.29, 1.82) is 0 Å². The van der Waals surface area contributed by atoms with Gasteiger partial charge in [0.15, 0.2) is 0 Å². The van der Waals surface area contributed by atoms with Gasteiger partial charge >= 0.3 is 0 Å². The normalized spacial score (nSPS) is 10.7. The number of aryl methyl sites for hydroxylation is 2. The lowest BCUT2D eigenvalue weighted by Crippen LogP contribution is -2.32. The molecule has 0 saturated carbocycles. The monoisotopic (exact) mass is 316 g/mol. The van der Waals surface area contributed by atoms with E-state index in [-0.39, 0.29) is 5.91 Å². The molecule has 0 saturated heterocycles. The van der Waals surface area contributed by atoms with Gasteiger partial charge in [0.1, 0.15) is 5.01 Å². The van der Waals surface area contributed by atoms with Crippen LogP contribution in [0.5, 0.6) is 0 Å². The average molecular weight is 316 g/mol. The molecule has 0 atom stereocenters. The van der Waals surface area contributed by atoms with E-state index >= 15 is 0 Å². The first-order valence-corrected chi connectivity index (χ1v) is 8.72. The highest BCUT2D eigenvalue weighted by molar-refractivity contribution is 7.15. The molecular formula is C18H24N2OS. The van der Waals surface area contributed by atoms with Gasteiger partial charge < -0.3 is 4.90 Å².